The van der Waals surface area contributed by atoms with E-state index in [2.05, 4.69) is 20.1 Å². The second-order valence-corrected chi connectivity index (χ2v) is 6.99. The van der Waals surface area contributed by atoms with Gasteiger partial charge in [-0.3, -0.25) is 9.69 Å². The smallest absolute Gasteiger partial charge is 0.246 e. The summed E-state index contributed by atoms with van der Waals surface area (Å²) in [6.07, 6.45) is 0. The van der Waals surface area contributed by atoms with Crippen LogP contribution in [0.1, 0.15) is 11.5 Å². The maximum Gasteiger partial charge on any atom is 0.246 e. The number of aromatic nitrogens is 1. The highest BCUT2D eigenvalue weighted by atomic mass is 32.2. The number of hydrogen-bond donors (Lipinski definition) is 2. The van der Waals surface area contributed by atoms with Crippen molar-refractivity contribution >= 4 is 15.9 Å². The molecule has 1 aliphatic rings. The fourth-order valence-electron chi connectivity index (χ4n) is 2.33. The first-order valence-corrected chi connectivity index (χ1v) is 8.88. The molecule has 1 amide bonds. The molecule has 1 aromatic heterocycles. The van der Waals surface area contributed by atoms with Crippen molar-refractivity contribution in [2.75, 3.05) is 45.9 Å². The first-order chi connectivity index (χ1) is 10.9. The van der Waals surface area contributed by atoms with E-state index in [1.807, 2.05) is 0 Å². The molecule has 9 nitrogen and oxygen atoms in total. The third-order valence-corrected chi connectivity index (χ3v) is 5.16. The molecule has 2 rings (SSSR count). The van der Waals surface area contributed by atoms with Crippen molar-refractivity contribution in [3.63, 3.8) is 0 Å². The minimum absolute atomic E-state index is 0.0152. The minimum atomic E-state index is -3.81. The third-order valence-electron chi connectivity index (χ3n) is 3.51. The maximum absolute atomic E-state index is 12.1. The molecule has 1 aliphatic heterocycles. The monoisotopic (exact) mass is 346 g/mol. The molecule has 0 aromatic carbocycles. The van der Waals surface area contributed by atoms with Crippen LogP contribution < -0.4 is 10.0 Å². The fraction of sp³-hybridized carbons (Fsp3) is 0.692. The third kappa shape index (κ3) is 4.99. The Kier molecular flexibility index (Phi) is 6.10. The molecule has 2 N–H and O–H groups in total. The highest BCUT2D eigenvalue weighted by Crippen LogP contribution is 2.18. The van der Waals surface area contributed by atoms with Crippen LogP contribution in [0.25, 0.3) is 0 Å². The number of nitrogens with one attached hydrogen (secondary N) is 2. The Labute approximate surface area is 135 Å². The molecule has 1 aromatic rings. The van der Waals surface area contributed by atoms with Crippen molar-refractivity contribution in [2.24, 2.45) is 0 Å². The molecule has 0 radical (unpaired) electrons. The molecule has 1 saturated heterocycles. The predicted molar refractivity (Wildman–Crippen MR) is 81.4 cm³/mol. The van der Waals surface area contributed by atoms with E-state index in [1.54, 1.807) is 0 Å². The van der Waals surface area contributed by atoms with Crippen molar-refractivity contribution in [3.05, 3.63) is 11.5 Å². The number of morpholine rings is 1. The number of aryl methyl sites for hydroxylation is 2. The van der Waals surface area contributed by atoms with Gasteiger partial charge in [0.1, 0.15) is 10.6 Å². The van der Waals surface area contributed by atoms with E-state index in [1.165, 1.54) is 13.8 Å². The van der Waals surface area contributed by atoms with E-state index in [-0.39, 0.29) is 28.8 Å². The molecule has 0 saturated carbocycles. The average Bonchev–Trinajstić information content (AvgIpc) is 2.86. The molecular weight excluding hydrogens is 324 g/mol. The minimum Gasteiger partial charge on any atom is -0.379 e. The molecule has 0 atom stereocenters. The van der Waals surface area contributed by atoms with Crippen LogP contribution in [0.15, 0.2) is 9.42 Å². The van der Waals surface area contributed by atoms with Crippen LogP contribution in [0.3, 0.4) is 0 Å². The number of carbonyl (C=O) groups is 1. The number of nitrogens with zero attached hydrogens (tertiary/aromatic N) is 2. The van der Waals surface area contributed by atoms with E-state index >= 15 is 0 Å². The van der Waals surface area contributed by atoms with Gasteiger partial charge in [-0.15, -0.1) is 0 Å². The maximum atomic E-state index is 12.1. The summed E-state index contributed by atoms with van der Waals surface area (Å²) in [7, 11) is -3.81. The van der Waals surface area contributed by atoms with Crippen LogP contribution in [0, 0.1) is 13.8 Å². The summed E-state index contributed by atoms with van der Waals surface area (Å²) in [6.45, 7) is 6.98. The lowest BCUT2D eigenvalue weighted by Gasteiger charge is -2.26. The lowest BCUT2D eigenvalue weighted by Crippen LogP contribution is -2.43. The Bertz CT molecular complexity index is 617. The van der Waals surface area contributed by atoms with E-state index in [0.717, 1.165) is 13.1 Å². The molecule has 23 heavy (non-hydrogen) atoms. The quantitative estimate of drug-likeness (QED) is 0.652. The van der Waals surface area contributed by atoms with Crippen molar-refractivity contribution in [1.29, 1.82) is 0 Å². The average molecular weight is 346 g/mol. The number of carbonyl (C=O) groups excluding carboxylic acids is 1. The van der Waals surface area contributed by atoms with Gasteiger partial charge in [0, 0.05) is 26.2 Å². The zero-order chi connectivity index (χ0) is 16.9. The molecule has 1 fully saturated rings. The Morgan fingerprint density at radius 1 is 1.30 bits per heavy atom. The van der Waals surface area contributed by atoms with Crippen molar-refractivity contribution < 1.29 is 22.5 Å². The zero-order valence-electron chi connectivity index (χ0n) is 13.3. The number of sulfonamides is 1. The summed E-state index contributed by atoms with van der Waals surface area (Å²) in [6, 6.07) is 0. The second kappa shape index (κ2) is 7.86. The van der Waals surface area contributed by atoms with Gasteiger partial charge in [0.15, 0.2) is 5.76 Å². The lowest BCUT2D eigenvalue weighted by molar-refractivity contribution is -0.120. The summed E-state index contributed by atoms with van der Waals surface area (Å²) in [5.74, 6) is -0.184. The Morgan fingerprint density at radius 3 is 2.61 bits per heavy atom. The van der Waals surface area contributed by atoms with Crippen LogP contribution in [0.2, 0.25) is 0 Å². The van der Waals surface area contributed by atoms with E-state index < -0.39 is 10.0 Å². The van der Waals surface area contributed by atoms with E-state index in [0.29, 0.717) is 26.3 Å². The van der Waals surface area contributed by atoms with Crippen molar-refractivity contribution in [2.45, 2.75) is 18.7 Å². The Balaban J connectivity index is 1.75. The highest BCUT2D eigenvalue weighted by Gasteiger charge is 2.24. The summed E-state index contributed by atoms with van der Waals surface area (Å²) >= 11 is 0. The number of amides is 1. The van der Waals surface area contributed by atoms with Crippen LogP contribution in [0.5, 0.6) is 0 Å². The van der Waals surface area contributed by atoms with Crippen molar-refractivity contribution in [1.82, 2.24) is 20.1 Å². The number of hydrogen-bond acceptors (Lipinski definition) is 7. The number of rotatable bonds is 7. The lowest BCUT2D eigenvalue weighted by atomic mass is 10.4. The van der Waals surface area contributed by atoms with Crippen LogP contribution in [-0.2, 0) is 19.6 Å². The van der Waals surface area contributed by atoms with E-state index in [9.17, 15) is 13.2 Å². The molecular formula is C13H22N4O5S. The van der Waals surface area contributed by atoms with Gasteiger partial charge < -0.3 is 14.6 Å². The first-order valence-electron chi connectivity index (χ1n) is 7.39. The van der Waals surface area contributed by atoms with Gasteiger partial charge in [-0.1, -0.05) is 5.16 Å². The van der Waals surface area contributed by atoms with Crippen molar-refractivity contribution in [3.8, 4) is 0 Å². The molecule has 0 bridgehead atoms. The van der Waals surface area contributed by atoms with Gasteiger partial charge in [-0.25, -0.2) is 13.1 Å². The number of ether oxygens (including phenoxy) is 1. The van der Waals surface area contributed by atoms with E-state index in [4.69, 9.17) is 9.26 Å². The molecule has 10 heteroatoms. The van der Waals surface area contributed by atoms with Gasteiger partial charge in [-0.2, -0.15) is 0 Å². The highest BCUT2D eigenvalue weighted by molar-refractivity contribution is 7.89. The largest absolute Gasteiger partial charge is 0.379 e. The first kappa shape index (κ1) is 17.9. The Morgan fingerprint density at radius 2 is 2.00 bits per heavy atom. The van der Waals surface area contributed by atoms with Gasteiger partial charge >= 0.3 is 0 Å². The SMILES string of the molecule is Cc1noc(C)c1S(=O)(=O)NCC(=O)NCCN1CCOCC1. The summed E-state index contributed by atoms with van der Waals surface area (Å²) in [4.78, 5) is 13.9. The molecule has 0 unspecified atom stereocenters. The zero-order valence-corrected chi connectivity index (χ0v) is 14.1. The molecule has 0 aliphatic carbocycles. The predicted octanol–water partition coefficient (Wildman–Crippen LogP) is -0.982. The molecule has 0 spiro atoms. The fourth-order valence-corrected chi connectivity index (χ4v) is 3.64. The molecule has 2 heterocycles. The van der Waals surface area contributed by atoms with Gasteiger partial charge in [0.05, 0.1) is 19.8 Å². The second-order valence-electron chi connectivity index (χ2n) is 5.28. The molecule has 130 valence electrons. The van der Waals surface area contributed by atoms with Crippen LogP contribution in [0.4, 0.5) is 0 Å². The normalized spacial score (nSPS) is 16.4. The summed E-state index contributed by atoms with van der Waals surface area (Å²) in [5, 5.41) is 6.29. The van der Waals surface area contributed by atoms with Crippen LogP contribution >= 0.6 is 0 Å². The summed E-state index contributed by atoms with van der Waals surface area (Å²) < 4.78 is 36.6. The standard InChI is InChI=1S/C13H22N4O5S/c1-10-13(11(2)22-16-10)23(19,20)15-9-12(18)14-3-4-17-5-7-21-8-6-17/h15H,3-9H2,1-2H3,(H,14,18). The summed E-state index contributed by atoms with van der Waals surface area (Å²) in [5.41, 5.74) is 0.266. The van der Waals surface area contributed by atoms with Gasteiger partial charge in [0.2, 0.25) is 15.9 Å². The van der Waals surface area contributed by atoms with Gasteiger partial charge in [0.25, 0.3) is 0 Å². The van der Waals surface area contributed by atoms with Crippen LogP contribution in [-0.4, -0.2) is 70.3 Å². The van der Waals surface area contributed by atoms with Gasteiger partial charge in [-0.05, 0) is 13.8 Å². The Hall–Kier alpha value is -1.49. The topological polar surface area (TPSA) is 114 Å².